The molecule has 1 aliphatic rings. The number of carbonyl (C=O) groups excluding carboxylic acids is 1. The lowest BCUT2D eigenvalue weighted by atomic mass is 10.1. The molecule has 0 saturated heterocycles. The molecule has 1 aliphatic heterocycles. The van der Waals surface area contributed by atoms with Crippen molar-refractivity contribution in [3.63, 3.8) is 0 Å². The first-order chi connectivity index (χ1) is 19.5. The largest absolute Gasteiger partial charge is 0.494 e. The summed E-state index contributed by atoms with van der Waals surface area (Å²) in [6.45, 7) is 5.82. The van der Waals surface area contributed by atoms with Crippen molar-refractivity contribution in [2.75, 3.05) is 24.4 Å². The molecular weight excluding hydrogens is 540 g/mol. The lowest BCUT2D eigenvalue weighted by molar-refractivity contribution is -0.118. The molecule has 2 aromatic carbocycles. The summed E-state index contributed by atoms with van der Waals surface area (Å²) >= 11 is 8.23. The van der Waals surface area contributed by atoms with Gasteiger partial charge in [-0.2, -0.15) is 0 Å². The number of halogens is 1. The van der Waals surface area contributed by atoms with Crippen molar-refractivity contribution in [2.24, 2.45) is 0 Å². The van der Waals surface area contributed by atoms with Crippen LogP contribution in [0.4, 0.5) is 5.69 Å². The number of hydrogen-bond donors (Lipinski definition) is 1. The number of thioether (sulfide) groups is 1. The van der Waals surface area contributed by atoms with E-state index in [-0.39, 0.29) is 12.5 Å². The fourth-order valence-electron chi connectivity index (χ4n) is 4.70. The van der Waals surface area contributed by atoms with Gasteiger partial charge in [0.15, 0.2) is 6.61 Å². The molecule has 7 heteroatoms. The van der Waals surface area contributed by atoms with Gasteiger partial charge in [0.05, 0.1) is 17.5 Å². The van der Waals surface area contributed by atoms with Crippen molar-refractivity contribution >= 4 is 35.0 Å². The molecule has 0 aliphatic carbocycles. The minimum atomic E-state index is -0.231. The zero-order valence-corrected chi connectivity index (χ0v) is 26.0. The molecular formula is C33H47ClN2O3S. The van der Waals surface area contributed by atoms with Gasteiger partial charge >= 0.3 is 0 Å². The van der Waals surface area contributed by atoms with Crippen LogP contribution in [0.25, 0.3) is 0 Å². The molecule has 1 heterocycles. The lowest BCUT2D eigenvalue weighted by Gasteiger charge is -2.15. The number of hydrogen-bond acceptors (Lipinski definition) is 5. The summed E-state index contributed by atoms with van der Waals surface area (Å²) < 4.78 is 11.5. The number of nitrogens with one attached hydrogen (secondary N) is 1. The van der Waals surface area contributed by atoms with Crippen molar-refractivity contribution in [3.05, 3.63) is 64.2 Å². The summed E-state index contributed by atoms with van der Waals surface area (Å²) in [6, 6.07) is 13.3. The van der Waals surface area contributed by atoms with Crippen LogP contribution in [0.3, 0.4) is 0 Å². The third-order valence-electron chi connectivity index (χ3n) is 6.97. The SMILES string of the molecule is CCCCCCCCCCCCCCOc1ccc(OCC(=O)Nc2ccc(CN3C=C(C)SC3)cc2)c(Cl)c1. The molecule has 1 N–H and O–H groups in total. The van der Waals surface area contributed by atoms with Gasteiger partial charge in [-0.25, -0.2) is 0 Å². The number of unbranched alkanes of at least 4 members (excludes halogenated alkanes) is 11. The number of ether oxygens (including phenoxy) is 2. The molecule has 3 rings (SSSR count). The van der Waals surface area contributed by atoms with Crippen molar-refractivity contribution in [1.82, 2.24) is 4.90 Å². The van der Waals surface area contributed by atoms with Gasteiger partial charge in [0.25, 0.3) is 5.91 Å². The molecule has 220 valence electrons. The first-order valence-corrected chi connectivity index (χ1v) is 16.4. The third kappa shape index (κ3) is 12.9. The van der Waals surface area contributed by atoms with Gasteiger partial charge in [-0.15, -0.1) is 11.8 Å². The van der Waals surface area contributed by atoms with Crippen LogP contribution in [-0.2, 0) is 11.3 Å². The summed E-state index contributed by atoms with van der Waals surface area (Å²) in [4.78, 5) is 16.0. The molecule has 0 atom stereocenters. The number of amides is 1. The summed E-state index contributed by atoms with van der Waals surface area (Å²) in [5.41, 5.74) is 1.95. The molecule has 0 radical (unpaired) electrons. The van der Waals surface area contributed by atoms with Gasteiger partial charge in [0, 0.05) is 24.5 Å². The van der Waals surface area contributed by atoms with Crippen LogP contribution in [0.5, 0.6) is 11.5 Å². The fraction of sp³-hybridized carbons (Fsp3) is 0.545. The first kappa shape index (κ1) is 32.2. The highest BCUT2D eigenvalue weighted by molar-refractivity contribution is 8.03. The third-order valence-corrected chi connectivity index (χ3v) is 8.29. The van der Waals surface area contributed by atoms with Crippen LogP contribution >= 0.6 is 23.4 Å². The number of rotatable bonds is 20. The maximum Gasteiger partial charge on any atom is 0.262 e. The van der Waals surface area contributed by atoms with Gasteiger partial charge in [-0.05, 0) is 48.1 Å². The summed E-state index contributed by atoms with van der Waals surface area (Å²) in [7, 11) is 0. The average Bonchev–Trinajstić information content (AvgIpc) is 3.36. The standard InChI is InChI=1S/C33H47ClN2O3S/c1-3-4-5-6-7-8-9-10-11-12-13-14-21-38-30-19-20-32(31(34)22-30)39-25-33(37)35-29-17-15-28(16-18-29)24-36-23-27(2)40-26-36/h15-20,22-23H,3-14,21,24-26H2,1-2H3,(H,35,37). The Balaban J connectivity index is 1.24. The van der Waals surface area contributed by atoms with Crippen molar-refractivity contribution in [2.45, 2.75) is 97.4 Å². The van der Waals surface area contributed by atoms with Crippen molar-refractivity contribution < 1.29 is 14.3 Å². The molecule has 2 aromatic rings. The van der Waals surface area contributed by atoms with E-state index in [2.05, 4.69) is 30.3 Å². The van der Waals surface area contributed by atoms with Crippen LogP contribution < -0.4 is 14.8 Å². The summed E-state index contributed by atoms with van der Waals surface area (Å²) in [5.74, 6) is 1.95. The van der Waals surface area contributed by atoms with Crippen LogP contribution in [0.15, 0.2) is 53.6 Å². The topological polar surface area (TPSA) is 50.8 Å². The van der Waals surface area contributed by atoms with Crippen LogP contribution in [0, 0.1) is 0 Å². The second kappa shape index (κ2) is 18.9. The Morgan fingerprint density at radius 2 is 1.55 bits per heavy atom. The molecule has 5 nitrogen and oxygen atoms in total. The van der Waals surface area contributed by atoms with Crippen LogP contribution in [-0.4, -0.2) is 29.9 Å². The molecule has 0 aromatic heterocycles. The Bertz CT molecular complexity index is 1040. The lowest BCUT2D eigenvalue weighted by Crippen LogP contribution is -2.20. The zero-order valence-electron chi connectivity index (χ0n) is 24.4. The normalized spacial score (nSPS) is 12.9. The highest BCUT2D eigenvalue weighted by Crippen LogP contribution is 2.29. The Morgan fingerprint density at radius 3 is 2.15 bits per heavy atom. The van der Waals surface area contributed by atoms with Gasteiger partial charge in [-0.3, -0.25) is 4.79 Å². The summed E-state index contributed by atoms with van der Waals surface area (Å²) in [6.07, 6.45) is 18.1. The Hall–Kier alpha value is -2.31. The molecule has 0 saturated carbocycles. The second-order valence-corrected chi connectivity index (χ2v) is 12.2. The zero-order chi connectivity index (χ0) is 28.4. The van der Waals surface area contributed by atoms with Crippen molar-refractivity contribution in [1.29, 1.82) is 0 Å². The average molecular weight is 587 g/mol. The van der Waals surface area contributed by atoms with Gasteiger partial charge in [-0.1, -0.05) is 101 Å². The maximum absolute atomic E-state index is 12.4. The molecule has 0 unspecified atom stereocenters. The first-order valence-electron chi connectivity index (χ1n) is 15.0. The van der Waals surface area contributed by atoms with Gasteiger partial charge in [0.1, 0.15) is 11.5 Å². The fourth-order valence-corrected chi connectivity index (χ4v) is 5.68. The Morgan fingerprint density at radius 1 is 0.900 bits per heavy atom. The number of nitrogens with zero attached hydrogens (tertiary/aromatic N) is 1. The Labute approximate surface area is 251 Å². The molecule has 0 fully saturated rings. The van der Waals surface area contributed by atoms with Gasteiger partial charge in [0.2, 0.25) is 0 Å². The molecule has 1 amide bonds. The van der Waals surface area contributed by atoms with E-state index < -0.39 is 0 Å². The Kier molecular flexibility index (Phi) is 15.2. The van der Waals surface area contributed by atoms with E-state index in [4.69, 9.17) is 21.1 Å². The highest BCUT2D eigenvalue weighted by Gasteiger charge is 2.11. The second-order valence-electron chi connectivity index (χ2n) is 10.6. The predicted molar refractivity (Wildman–Crippen MR) is 170 cm³/mol. The van der Waals surface area contributed by atoms with E-state index in [1.54, 1.807) is 12.1 Å². The smallest absolute Gasteiger partial charge is 0.262 e. The molecule has 0 bridgehead atoms. The van der Waals surface area contributed by atoms with Crippen LogP contribution in [0.2, 0.25) is 5.02 Å². The molecule has 0 spiro atoms. The molecule has 40 heavy (non-hydrogen) atoms. The number of allylic oxidation sites excluding steroid dienone is 1. The van der Waals surface area contributed by atoms with E-state index in [9.17, 15) is 4.79 Å². The van der Waals surface area contributed by atoms with E-state index >= 15 is 0 Å². The number of benzene rings is 2. The number of anilines is 1. The predicted octanol–water partition coefficient (Wildman–Crippen LogP) is 9.80. The maximum atomic E-state index is 12.4. The van der Waals surface area contributed by atoms with E-state index in [1.165, 1.54) is 81.1 Å². The minimum Gasteiger partial charge on any atom is -0.494 e. The van der Waals surface area contributed by atoms with E-state index in [1.807, 2.05) is 42.1 Å². The van der Waals surface area contributed by atoms with Gasteiger partial charge < -0.3 is 19.7 Å². The van der Waals surface area contributed by atoms with Crippen LogP contribution in [0.1, 0.15) is 96.5 Å². The highest BCUT2D eigenvalue weighted by atomic mass is 35.5. The number of carbonyl (C=O) groups is 1. The minimum absolute atomic E-state index is 0.115. The van der Waals surface area contributed by atoms with E-state index in [0.29, 0.717) is 17.4 Å². The monoisotopic (exact) mass is 586 g/mol. The quantitative estimate of drug-likeness (QED) is 0.156. The van der Waals surface area contributed by atoms with E-state index in [0.717, 1.165) is 30.3 Å². The van der Waals surface area contributed by atoms with Crippen molar-refractivity contribution in [3.8, 4) is 11.5 Å². The summed E-state index contributed by atoms with van der Waals surface area (Å²) in [5, 5.41) is 3.32.